The smallest absolute Gasteiger partial charge is 0.226 e. The zero-order valence-corrected chi connectivity index (χ0v) is 33.6. The fourth-order valence-electron chi connectivity index (χ4n) is 6.93. The molecule has 0 bridgehead atoms. The van der Waals surface area contributed by atoms with Crippen LogP contribution in [0.5, 0.6) is 5.75 Å². The van der Waals surface area contributed by atoms with Crippen LogP contribution in [0.15, 0.2) is 71.1 Å². The lowest BCUT2D eigenvalue weighted by atomic mass is 10.1. The molecule has 2 amide bonds. The molecule has 6 rings (SSSR count). The predicted octanol–water partition coefficient (Wildman–Crippen LogP) is 4.96. The Bertz CT molecular complexity index is 2400. The zero-order valence-electron chi connectivity index (χ0n) is 33.6. The normalized spacial score (nSPS) is 11.4. The first-order valence-corrected chi connectivity index (χ1v) is 19.7. The zero-order chi connectivity index (χ0) is 40.9. The summed E-state index contributed by atoms with van der Waals surface area (Å²) in [5, 5.41) is 9.56. The van der Waals surface area contributed by atoms with E-state index in [1.54, 1.807) is 13.2 Å². The second kappa shape index (κ2) is 20.7. The monoisotopic (exact) mass is 794 g/mol. The lowest BCUT2D eigenvalue weighted by Gasteiger charge is -2.13. The maximum absolute atomic E-state index is 13.0. The molecule has 4 aromatic rings. The van der Waals surface area contributed by atoms with Crippen molar-refractivity contribution in [2.45, 2.75) is 33.6 Å². The van der Waals surface area contributed by atoms with Gasteiger partial charge in [0.05, 0.1) is 90.1 Å². The van der Waals surface area contributed by atoms with Gasteiger partial charge in [0.25, 0.3) is 0 Å². The Hall–Kier alpha value is -5.67. The van der Waals surface area contributed by atoms with E-state index in [-0.39, 0.29) is 31.3 Å². The average molecular weight is 795 g/mol. The molecular weight excluding hydrogens is 743 g/mol. The average Bonchev–Trinajstić information content (AvgIpc) is 3.50. The van der Waals surface area contributed by atoms with E-state index in [4.69, 9.17) is 33.1 Å². The number of carbonyl (C=O) groups excluding carboxylic acids is 3. The number of benzene rings is 4. The first kappa shape index (κ1) is 41.9. The molecule has 1 aliphatic carbocycles. The van der Waals surface area contributed by atoms with Crippen molar-refractivity contribution in [2.75, 3.05) is 84.9 Å². The van der Waals surface area contributed by atoms with Gasteiger partial charge >= 0.3 is 0 Å². The molecule has 2 aliphatic rings. The van der Waals surface area contributed by atoms with Gasteiger partial charge in [0.15, 0.2) is 11.3 Å². The van der Waals surface area contributed by atoms with Gasteiger partial charge in [-0.3, -0.25) is 19.0 Å². The van der Waals surface area contributed by atoms with Gasteiger partial charge in [-0.1, -0.05) is 24.3 Å². The molecule has 0 fully saturated rings. The van der Waals surface area contributed by atoms with Gasteiger partial charge in [-0.25, -0.2) is 9.56 Å². The number of nitrogens with one attached hydrogen (secondary N) is 2. The van der Waals surface area contributed by atoms with E-state index < -0.39 is 0 Å². The van der Waals surface area contributed by atoms with Crippen molar-refractivity contribution < 1.29 is 42.5 Å². The molecule has 14 nitrogen and oxygen atoms in total. The molecule has 306 valence electrons. The van der Waals surface area contributed by atoms with Gasteiger partial charge in [-0.05, 0) is 50.6 Å². The minimum Gasteiger partial charge on any atom is -0.497 e. The second-order valence-electron chi connectivity index (χ2n) is 13.6. The van der Waals surface area contributed by atoms with E-state index in [0.717, 1.165) is 69.0 Å². The molecule has 1 aliphatic heterocycles. The minimum atomic E-state index is -0.169. The van der Waals surface area contributed by atoms with Crippen LogP contribution in [0.4, 0.5) is 5.69 Å². The first-order valence-electron chi connectivity index (χ1n) is 19.7. The summed E-state index contributed by atoms with van der Waals surface area (Å²) in [4.78, 5) is 42.2. The molecule has 14 heteroatoms. The number of amides is 2. The van der Waals surface area contributed by atoms with Crippen molar-refractivity contribution in [3.05, 3.63) is 83.3 Å². The lowest BCUT2D eigenvalue weighted by Crippen LogP contribution is -2.29. The van der Waals surface area contributed by atoms with Crippen LogP contribution >= 0.6 is 0 Å². The molecule has 0 spiro atoms. The third-order valence-electron chi connectivity index (χ3n) is 9.97. The van der Waals surface area contributed by atoms with Gasteiger partial charge in [-0.2, -0.15) is 0 Å². The summed E-state index contributed by atoms with van der Waals surface area (Å²) in [7, 11) is 1.58. The minimum absolute atomic E-state index is 0.135. The van der Waals surface area contributed by atoms with Crippen LogP contribution in [0, 0.1) is 6.92 Å². The van der Waals surface area contributed by atoms with E-state index >= 15 is 0 Å². The summed E-state index contributed by atoms with van der Waals surface area (Å²) < 4.78 is 37.8. The Morgan fingerprint density at radius 2 is 1.50 bits per heavy atom. The van der Waals surface area contributed by atoms with Crippen molar-refractivity contribution in [1.82, 2.24) is 19.4 Å². The number of rotatable bonds is 22. The molecule has 3 aromatic carbocycles. The highest BCUT2D eigenvalue weighted by Crippen LogP contribution is 2.34. The standard InChI is InChI=1S/C44H51N5O9/c1-5-48(6-2)31-11-13-37-40(25-31)58-41-28-38(33-9-7-8-10-34(33)44(41)47-37)46-42(51)15-17-54-19-21-56-23-24-57-22-20-55-18-16-45-43(52)27-35-30(3)49(29-50)39-14-12-32(53-4)26-36(35)39/h7-14,25-26,28-29H,5-6,15-24,27H2,1-4H3,(H,45,52)/p+1. The number of aromatic nitrogens is 2. The van der Waals surface area contributed by atoms with Crippen molar-refractivity contribution in [1.29, 1.82) is 0 Å². The van der Waals surface area contributed by atoms with Gasteiger partial charge in [0, 0.05) is 40.5 Å². The highest BCUT2D eigenvalue weighted by Gasteiger charge is 2.18. The number of methoxy groups -OCH3 is 1. The van der Waals surface area contributed by atoms with Crippen LogP contribution in [0.25, 0.3) is 44.2 Å². The van der Waals surface area contributed by atoms with Crippen LogP contribution in [-0.4, -0.2) is 107 Å². The van der Waals surface area contributed by atoms with E-state index in [2.05, 4.69) is 35.1 Å². The summed E-state index contributed by atoms with van der Waals surface area (Å²) in [6, 6.07) is 21.2. The van der Waals surface area contributed by atoms with Crippen molar-refractivity contribution in [2.24, 2.45) is 0 Å². The highest BCUT2D eigenvalue weighted by molar-refractivity contribution is 6.12. The fourth-order valence-corrected chi connectivity index (χ4v) is 6.93. The largest absolute Gasteiger partial charge is 0.497 e. The van der Waals surface area contributed by atoms with Crippen LogP contribution in [-0.2, 0) is 39.8 Å². The number of hydrogen-bond acceptors (Lipinski definition) is 10. The van der Waals surface area contributed by atoms with Crippen LogP contribution in [0.1, 0.15) is 31.5 Å². The number of hydrogen-bond donors (Lipinski definition) is 2. The third kappa shape index (κ3) is 10.2. The summed E-state index contributed by atoms with van der Waals surface area (Å²) in [5.74, 6) is 1.01. The van der Waals surface area contributed by atoms with Gasteiger partial charge < -0.3 is 38.7 Å². The summed E-state index contributed by atoms with van der Waals surface area (Å²) in [6.07, 6.45) is 1.07. The Balaban J connectivity index is 0.835. The fraction of sp³-hybridized carbons (Fsp3) is 0.386. The maximum atomic E-state index is 13.0. The Morgan fingerprint density at radius 1 is 0.810 bits per heavy atom. The molecule has 1 aromatic heterocycles. The summed E-state index contributed by atoms with van der Waals surface area (Å²) in [6.45, 7) is 11.1. The topological polar surface area (TPSA) is 155 Å². The number of anilines is 1. The second-order valence-corrected chi connectivity index (χ2v) is 13.6. The molecule has 0 radical (unpaired) electrons. The molecule has 0 saturated heterocycles. The van der Waals surface area contributed by atoms with Gasteiger partial charge in [-0.15, -0.1) is 0 Å². The molecule has 0 atom stereocenters. The Kier molecular flexibility index (Phi) is 14.9. The number of nitrogens with zero attached hydrogens (tertiary/aromatic N) is 3. The highest BCUT2D eigenvalue weighted by atomic mass is 16.6. The molecule has 0 saturated carbocycles. The van der Waals surface area contributed by atoms with E-state index in [9.17, 15) is 14.4 Å². The van der Waals surface area contributed by atoms with Crippen molar-refractivity contribution >= 4 is 56.7 Å². The number of ether oxygens (including phenoxy) is 5. The third-order valence-corrected chi connectivity index (χ3v) is 9.97. The van der Waals surface area contributed by atoms with E-state index in [1.807, 2.05) is 61.5 Å². The van der Waals surface area contributed by atoms with E-state index in [0.29, 0.717) is 75.6 Å². The van der Waals surface area contributed by atoms with Crippen molar-refractivity contribution in [3.63, 3.8) is 0 Å². The number of fused-ring (bicyclic) bond motifs is 5. The van der Waals surface area contributed by atoms with Crippen LogP contribution in [0.2, 0.25) is 0 Å². The molecule has 0 unspecified atom stereocenters. The van der Waals surface area contributed by atoms with Gasteiger partial charge in [0.1, 0.15) is 30.0 Å². The van der Waals surface area contributed by atoms with E-state index in [1.165, 1.54) is 4.57 Å². The SMILES string of the molecule is CC[N+](CC)=c1ccc2nc3c(cc(NC(=O)CCOCCOCCOCCOCCNC(=O)Cc4c(C)n(C=O)c5ccc(OC)cc45)c4ccccc43)oc-2c1. The van der Waals surface area contributed by atoms with Crippen LogP contribution < -0.4 is 25.3 Å². The predicted molar refractivity (Wildman–Crippen MR) is 223 cm³/mol. The van der Waals surface area contributed by atoms with Crippen LogP contribution in [0.3, 0.4) is 0 Å². The lowest BCUT2D eigenvalue weighted by molar-refractivity contribution is -0.120. The van der Waals surface area contributed by atoms with Gasteiger partial charge in [0.2, 0.25) is 23.6 Å². The maximum Gasteiger partial charge on any atom is 0.226 e. The Morgan fingerprint density at radius 3 is 2.19 bits per heavy atom. The summed E-state index contributed by atoms with van der Waals surface area (Å²) in [5.41, 5.74) is 5.00. The number of carbonyl (C=O) groups is 3. The molecule has 58 heavy (non-hydrogen) atoms. The Labute approximate surface area is 337 Å². The molecule has 2 N–H and O–H groups in total. The molecule has 2 heterocycles. The molecular formula is C44H52N5O9+. The summed E-state index contributed by atoms with van der Waals surface area (Å²) >= 11 is 0. The first-order chi connectivity index (χ1) is 28.3. The van der Waals surface area contributed by atoms with Crippen molar-refractivity contribution in [3.8, 4) is 17.2 Å². The quantitative estimate of drug-likeness (QED) is 0.0317.